The highest BCUT2D eigenvalue weighted by atomic mass is 32.2. The van der Waals surface area contributed by atoms with Crippen LogP contribution in [0, 0.1) is 0 Å². The van der Waals surface area contributed by atoms with Gasteiger partial charge in [-0.25, -0.2) is 0 Å². The van der Waals surface area contributed by atoms with E-state index in [2.05, 4.69) is 41.3 Å². The molecule has 1 heterocycles. The minimum absolute atomic E-state index is 0.688. The molecule has 0 radical (unpaired) electrons. The van der Waals surface area contributed by atoms with E-state index in [-0.39, 0.29) is 0 Å². The number of hydrogen-bond donors (Lipinski definition) is 1. The Morgan fingerprint density at radius 2 is 2.21 bits per heavy atom. The molecule has 3 heteroatoms. The van der Waals surface area contributed by atoms with Gasteiger partial charge in [0.1, 0.15) is 0 Å². The second-order valence-corrected chi connectivity index (χ2v) is 4.10. The molecular formula is C11H14N2S. The molecule has 74 valence electrons. The average Bonchev–Trinajstić information content (AvgIpc) is 2.61. The van der Waals surface area contributed by atoms with E-state index in [0.29, 0.717) is 6.54 Å². The molecule has 1 aromatic carbocycles. The zero-order chi connectivity index (χ0) is 9.97. The molecular weight excluding hydrogens is 192 g/mol. The highest BCUT2D eigenvalue weighted by Gasteiger charge is 2.00. The number of nitrogens with two attached hydrogens (primary N) is 1. The fraction of sp³-hybridized carbons (Fsp3) is 0.273. The standard InChI is InChI=1S/C11H14N2S/c1-14-10-3-2-9-4-6-13(7-5-12)11(9)8-10/h2-4,6,8H,5,7,12H2,1H3. The second kappa shape index (κ2) is 4.07. The molecule has 0 unspecified atom stereocenters. The van der Waals surface area contributed by atoms with Gasteiger partial charge >= 0.3 is 0 Å². The average molecular weight is 206 g/mol. The van der Waals surface area contributed by atoms with E-state index >= 15 is 0 Å². The van der Waals surface area contributed by atoms with Crippen LogP contribution in [0.5, 0.6) is 0 Å². The first-order chi connectivity index (χ1) is 6.85. The summed E-state index contributed by atoms with van der Waals surface area (Å²) in [4.78, 5) is 1.30. The maximum atomic E-state index is 5.56. The van der Waals surface area contributed by atoms with E-state index < -0.39 is 0 Å². The van der Waals surface area contributed by atoms with E-state index in [1.165, 1.54) is 15.8 Å². The largest absolute Gasteiger partial charge is 0.346 e. The van der Waals surface area contributed by atoms with E-state index in [1.807, 2.05) is 0 Å². The lowest BCUT2D eigenvalue weighted by molar-refractivity contribution is 0.735. The van der Waals surface area contributed by atoms with Crippen LogP contribution in [0.25, 0.3) is 10.9 Å². The first-order valence-electron chi connectivity index (χ1n) is 4.68. The summed E-state index contributed by atoms with van der Waals surface area (Å²) in [5.41, 5.74) is 6.84. The SMILES string of the molecule is CSc1ccc2ccn(CCN)c2c1. The highest BCUT2D eigenvalue weighted by molar-refractivity contribution is 7.98. The number of thioether (sulfide) groups is 1. The smallest absolute Gasteiger partial charge is 0.0491 e. The zero-order valence-electron chi connectivity index (χ0n) is 8.23. The maximum Gasteiger partial charge on any atom is 0.0491 e. The quantitative estimate of drug-likeness (QED) is 0.781. The Morgan fingerprint density at radius 3 is 2.93 bits per heavy atom. The Kier molecular flexibility index (Phi) is 2.79. The van der Waals surface area contributed by atoms with Gasteiger partial charge in [0.25, 0.3) is 0 Å². The molecule has 1 aromatic heterocycles. The van der Waals surface area contributed by atoms with Crippen LogP contribution in [0.15, 0.2) is 35.4 Å². The van der Waals surface area contributed by atoms with Gasteiger partial charge in [-0.1, -0.05) is 6.07 Å². The summed E-state index contributed by atoms with van der Waals surface area (Å²) in [5.74, 6) is 0. The van der Waals surface area contributed by atoms with E-state index in [1.54, 1.807) is 11.8 Å². The van der Waals surface area contributed by atoms with Gasteiger partial charge in [-0.2, -0.15) is 0 Å². The molecule has 0 aliphatic heterocycles. The number of hydrogen-bond acceptors (Lipinski definition) is 2. The van der Waals surface area contributed by atoms with Gasteiger partial charge in [0.2, 0.25) is 0 Å². The molecule has 0 fully saturated rings. The lowest BCUT2D eigenvalue weighted by atomic mass is 10.2. The minimum atomic E-state index is 0.688. The molecule has 0 aliphatic carbocycles. The van der Waals surface area contributed by atoms with Crippen LogP contribution in [0.4, 0.5) is 0 Å². The van der Waals surface area contributed by atoms with Crippen molar-refractivity contribution in [2.45, 2.75) is 11.4 Å². The van der Waals surface area contributed by atoms with Crippen molar-refractivity contribution in [2.75, 3.05) is 12.8 Å². The molecule has 0 atom stereocenters. The van der Waals surface area contributed by atoms with Gasteiger partial charge < -0.3 is 10.3 Å². The number of aromatic nitrogens is 1. The number of nitrogens with zero attached hydrogens (tertiary/aromatic N) is 1. The molecule has 0 saturated heterocycles. The second-order valence-electron chi connectivity index (χ2n) is 3.22. The van der Waals surface area contributed by atoms with Gasteiger partial charge in [-0.3, -0.25) is 0 Å². The van der Waals surface area contributed by atoms with Crippen molar-refractivity contribution >= 4 is 22.7 Å². The Morgan fingerprint density at radius 1 is 1.36 bits per heavy atom. The summed E-state index contributed by atoms with van der Waals surface area (Å²) < 4.78 is 2.20. The van der Waals surface area contributed by atoms with Gasteiger partial charge in [-0.15, -0.1) is 11.8 Å². The van der Waals surface area contributed by atoms with Crippen molar-refractivity contribution < 1.29 is 0 Å². The Balaban J connectivity index is 2.52. The van der Waals surface area contributed by atoms with Crippen LogP contribution in [-0.4, -0.2) is 17.4 Å². The Labute approximate surface area is 88.1 Å². The fourth-order valence-corrected chi connectivity index (χ4v) is 2.06. The molecule has 2 aromatic rings. The van der Waals surface area contributed by atoms with Crippen LogP contribution in [0.3, 0.4) is 0 Å². The summed E-state index contributed by atoms with van der Waals surface area (Å²) in [6, 6.07) is 8.67. The van der Waals surface area contributed by atoms with Crippen molar-refractivity contribution in [1.82, 2.24) is 4.57 Å². The molecule has 0 amide bonds. The first-order valence-corrected chi connectivity index (χ1v) is 5.90. The maximum absolute atomic E-state index is 5.56. The minimum Gasteiger partial charge on any atom is -0.346 e. The molecule has 2 nitrogen and oxygen atoms in total. The molecule has 0 saturated carbocycles. The Bertz CT molecular complexity index is 434. The topological polar surface area (TPSA) is 30.9 Å². The van der Waals surface area contributed by atoms with Gasteiger partial charge in [-0.05, 0) is 29.8 Å². The molecule has 0 aliphatic rings. The summed E-state index contributed by atoms with van der Waals surface area (Å²) in [7, 11) is 0. The summed E-state index contributed by atoms with van der Waals surface area (Å²) in [6.07, 6.45) is 4.19. The summed E-state index contributed by atoms with van der Waals surface area (Å²) >= 11 is 1.77. The van der Waals surface area contributed by atoms with Crippen LogP contribution < -0.4 is 5.73 Å². The van der Waals surface area contributed by atoms with Crippen LogP contribution in [-0.2, 0) is 6.54 Å². The number of benzene rings is 1. The Hall–Kier alpha value is -0.930. The lowest BCUT2D eigenvalue weighted by Gasteiger charge is -2.03. The summed E-state index contributed by atoms with van der Waals surface area (Å²) in [6.45, 7) is 1.58. The predicted octanol–water partition coefficient (Wildman–Crippen LogP) is 2.32. The number of fused-ring (bicyclic) bond motifs is 1. The predicted molar refractivity (Wildman–Crippen MR) is 62.8 cm³/mol. The molecule has 0 spiro atoms. The van der Waals surface area contributed by atoms with Crippen LogP contribution in [0.1, 0.15) is 0 Å². The molecule has 14 heavy (non-hydrogen) atoms. The van der Waals surface area contributed by atoms with Crippen molar-refractivity contribution in [2.24, 2.45) is 5.73 Å². The van der Waals surface area contributed by atoms with Crippen molar-refractivity contribution in [3.63, 3.8) is 0 Å². The number of rotatable bonds is 3. The normalized spacial score (nSPS) is 11.0. The third-order valence-corrected chi connectivity index (χ3v) is 3.08. The van der Waals surface area contributed by atoms with Crippen LogP contribution >= 0.6 is 11.8 Å². The fourth-order valence-electron chi connectivity index (χ4n) is 1.62. The van der Waals surface area contributed by atoms with E-state index in [0.717, 1.165) is 6.54 Å². The van der Waals surface area contributed by atoms with E-state index in [4.69, 9.17) is 5.73 Å². The molecule has 0 bridgehead atoms. The van der Waals surface area contributed by atoms with Crippen molar-refractivity contribution in [3.05, 3.63) is 30.5 Å². The van der Waals surface area contributed by atoms with Crippen LogP contribution in [0.2, 0.25) is 0 Å². The van der Waals surface area contributed by atoms with E-state index in [9.17, 15) is 0 Å². The van der Waals surface area contributed by atoms with Crippen molar-refractivity contribution in [3.8, 4) is 0 Å². The van der Waals surface area contributed by atoms with Gasteiger partial charge in [0, 0.05) is 29.7 Å². The van der Waals surface area contributed by atoms with Gasteiger partial charge in [0.15, 0.2) is 0 Å². The van der Waals surface area contributed by atoms with Crippen molar-refractivity contribution in [1.29, 1.82) is 0 Å². The first kappa shape index (κ1) is 9.62. The van der Waals surface area contributed by atoms with Gasteiger partial charge in [0.05, 0.1) is 0 Å². The molecule has 2 rings (SSSR count). The third-order valence-electron chi connectivity index (χ3n) is 2.35. The molecule has 2 N–H and O–H groups in total. The monoisotopic (exact) mass is 206 g/mol. The zero-order valence-corrected chi connectivity index (χ0v) is 9.05. The third kappa shape index (κ3) is 1.65. The highest BCUT2D eigenvalue weighted by Crippen LogP contribution is 2.22. The summed E-state index contributed by atoms with van der Waals surface area (Å²) in [5, 5.41) is 1.29. The lowest BCUT2D eigenvalue weighted by Crippen LogP contribution is -2.08.